The predicted molar refractivity (Wildman–Crippen MR) is 60.2 cm³/mol. The van der Waals surface area contributed by atoms with E-state index in [0.29, 0.717) is 5.82 Å². The van der Waals surface area contributed by atoms with Crippen LogP contribution < -0.4 is 0 Å². The van der Waals surface area contributed by atoms with Gasteiger partial charge in [-0.1, -0.05) is 0 Å². The zero-order chi connectivity index (χ0) is 11.5. The Morgan fingerprint density at radius 1 is 1.19 bits per heavy atom. The summed E-state index contributed by atoms with van der Waals surface area (Å²) in [6.07, 6.45) is 3.35. The molecule has 86 valence electrons. The molecule has 0 spiro atoms. The molecular weight excluding hydrogens is 204 g/mol. The van der Waals surface area contributed by atoms with Crippen molar-refractivity contribution in [3.05, 3.63) is 23.8 Å². The van der Waals surface area contributed by atoms with Gasteiger partial charge in [-0.3, -0.25) is 4.79 Å². The van der Waals surface area contributed by atoms with Crippen molar-refractivity contribution in [1.82, 2.24) is 19.8 Å². The van der Waals surface area contributed by atoms with Gasteiger partial charge in [0.05, 0.1) is 0 Å². The lowest BCUT2D eigenvalue weighted by Gasteiger charge is -2.31. The molecule has 5 heteroatoms. The Labute approximate surface area is 95.1 Å². The second-order valence-corrected chi connectivity index (χ2v) is 4.18. The lowest BCUT2D eigenvalue weighted by Crippen LogP contribution is -2.47. The van der Waals surface area contributed by atoms with Crippen molar-refractivity contribution in [1.29, 1.82) is 0 Å². The molecule has 0 aromatic carbocycles. The molecule has 2 rings (SSSR count). The first-order valence-electron chi connectivity index (χ1n) is 5.43. The molecule has 0 unspecified atom stereocenters. The molecular formula is C11H16N4O. The Morgan fingerprint density at radius 2 is 1.75 bits per heavy atom. The third-order valence-electron chi connectivity index (χ3n) is 2.76. The summed E-state index contributed by atoms with van der Waals surface area (Å²) in [6, 6.07) is 0. The fourth-order valence-corrected chi connectivity index (χ4v) is 1.65. The average molecular weight is 220 g/mol. The molecule has 16 heavy (non-hydrogen) atoms. The molecule has 1 aromatic rings. The number of carbonyl (C=O) groups is 1. The number of amides is 1. The minimum atomic E-state index is -0.0619. The van der Waals surface area contributed by atoms with Gasteiger partial charge in [0, 0.05) is 38.6 Å². The number of rotatable bonds is 1. The topological polar surface area (TPSA) is 49.3 Å². The first-order chi connectivity index (χ1) is 7.66. The summed E-state index contributed by atoms with van der Waals surface area (Å²) >= 11 is 0. The van der Waals surface area contributed by atoms with Crippen LogP contribution in [-0.4, -0.2) is 58.9 Å². The Balaban J connectivity index is 2.05. The van der Waals surface area contributed by atoms with Crippen molar-refractivity contribution in [3.8, 4) is 0 Å². The van der Waals surface area contributed by atoms with E-state index in [1.807, 2.05) is 11.8 Å². The Morgan fingerprint density at radius 3 is 2.31 bits per heavy atom. The van der Waals surface area contributed by atoms with Crippen LogP contribution in [0.1, 0.15) is 16.2 Å². The van der Waals surface area contributed by atoms with Crippen LogP contribution in [0.25, 0.3) is 0 Å². The molecule has 0 radical (unpaired) electrons. The minimum Gasteiger partial charge on any atom is -0.333 e. The van der Waals surface area contributed by atoms with Gasteiger partial charge in [-0.25, -0.2) is 9.97 Å². The van der Waals surface area contributed by atoms with Crippen molar-refractivity contribution < 1.29 is 4.79 Å². The van der Waals surface area contributed by atoms with E-state index in [1.165, 1.54) is 0 Å². The highest BCUT2D eigenvalue weighted by Crippen LogP contribution is 2.04. The molecule has 1 fully saturated rings. The van der Waals surface area contributed by atoms with Gasteiger partial charge in [0.1, 0.15) is 0 Å². The van der Waals surface area contributed by atoms with Crippen LogP contribution in [0.4, 0.5) is 0 Å². The van der Waals surface area contributed by atoms with Crippen LogP contribution in [-0.2, 0) is 0 Å². The second-order valence-electron chi connectivity index (χ2n) is 4.18. The van der Waals surface area contributed by atoms with E-state index in [0.717, 1.165) is 31.7 Å². The average Bonchev–Trinajstić information content (AvgIpc) is 2.30. The van der Waals surface area contributed by atoms with Gasteiger partial charge in [-0.2, -0.15) is 0 Å². The lowest BCUT2D eigenvalue weighted by molar-refractivity contribution is 0.0651. The van der Waals surface area contributed by atoms with Gasteiger partial charge in [0.15, 0.2) is 0 Å². The molecule has 1 amide bonds. The van der Waals surface area contributed by atoms with Crippen LogP contribution in [0, 0.1) is 6.92 Å². The fourth-order valence-electron chi connectivity index (χ4n) is 1.65. The molecule has 1 aromatic heterocycles. The standard InChI is InChI=1S/C11H16N4O/c1-9-7-12-10(13-8-9)11(16)15-5-3-14(2)4-6-15/h7-8H,3-6H2,1-2H3. The summed E-state index contributed by atoms with van der Waals surface area (Å²) in [7, 11) is 2.06. The summed E-state index contributed by atoms with van der Waals surface area (Å²) in [5.74, 6) is 0.239. The highest BCUT2D eigenvalue weighted by molar-refractivity contribution is 5.90. The second kappa shape index (κ2) is 4.57. The van der Waals surface area contributed by atoms with Crippen molar-refractivity contribution in [2.45, 2.75) is 6.92 Å². The van der Waals surface area contributed by atoms with E-state index in [1.54, 1.807) is 12.4 Å². The normalized spacial score (nSPS) is 17.5. The quantitative estimate of drug-likeness (QED) is 0.677. The SMILES string of the molecule is Cc1cnc(C(=O)N2CCN(C)CC2)nc1. The number of likely N-dealkylation sites (N-methyl/N-ethyl adjacent to an activating group) is 1. The van der Waals surface area contributed by atoms with E-state index in [-0.39, 0.29) is 5.91 Å². The van der Waals surface area contributed by atoms with Crippen molar-refractivity contribution >= 4 is 5.91 Å². The van der Waals surface area contributed by atoms with Crippen LogP contribution >= 0.6 is 0 Å². The van der Waals surface area contributed by atoms with E-state index in [9.17, 15) is 4.79 Å². The van der Waals surface area contributed by atoms with Gasteiger partial charge in [0.25, 0.3) is 5.91 Å². The zero-order valence-corrected chi connectivity index (χ0v) is 9.68. The summed E-state index contributed by atoms with van der Waals surface area (Å²) in [4.78, 5) is 24.1. The van der Waals surface area contributed by atoms with E-state index < -0.39 is 0 Å². The fraction of sp³-hybridized carbons (Fsp3) is 0.545. The van der Waals surface area contributed by atoms with Crippen molar-refractivity contribution in [2.75, 3.05) is 33.2 Å². The van der Waals surface area contributed by atoms with Crippen LogP contribution in [0.5, 0.6) is 0 Å². The van der Waals surface area contributed by atoms with Crippen LogP contribution in [0.2, 0.25) is 0 Å². The number of carbonyl (C=O) groups excluding carboxylic acids is 1. The first kappa shape index (κ1) is 11.0. The first-order valence-corrected chi connectivity index (χ1v) is 5.43. The molecule has 0 atom stereocenters. The number of hydrogen-bond donors (Lipinski definition) is 0. The van der Waals surface area contributed by atoms with Crippen LogP contribution in [0.3, 0.4) is 0 Å². The van der Waals surface area contributed by atoms with Crippen molar-refractivity contribution in [3.63, 3.8) is 0 Å². The molecule has 0 N–H and O–H groups in total. The van der Waals surface area contributed by atoms with Gasteiger partial charge < -0.3 is 9.80 Å². The van der Waals surface area contributed by atoms with Gasteiger partial charge >= 0.3 is 0 Å². The highest BCUT2D eigenvalue weighted by atomic mass is 16.2. The number of aryl methyl sites for hydroxylation is 1. The number of hydrogen-bond acceptors (Lipinski definition) is 4. The minimum absolute atomic E-state index is 0.0619. The van der Waals surface area contributed by atoms with Gasteiger partial charge in [-0.15, -0.1) is 0 Å². The van der Waals surface area contributed by atoms with E-state index in [2.05, 4.69) is 21.9 Å². The molecule has 2 heterocycles. The molecule has 1 aliphatic heterocycles. The molecule has 0 bridgehead atoms. The maximum absolute atomic E-state index is 12.0. The molecule has 1 saturated heterocycles. The maximum Gasteiger partial charge on any atom is 0.291 e. The summed E-state index contributed by atoms with van der Waals surface area (Å²) in [6.45, 7) is 5.25. The molecule has 5 nitrogen and oxygen atoms in total. The number of aromatic nitrogens is 2. The van der Waals surface area contributed by atoms with E-state index in [4.69, 9.17) is 0 Å². The largest absolute Gasteiger partial charge is 0.333 e. The highest BCUT2D eigenvalue weighted by Gasteiger charge is 2.21. The van der Waals surface area contributed by atoms with E-state index >= 15 is 0 Å². The third kappa shape index (κ3) is 2.36. The molecule has 0 saturated carbocycles. The smallest absolute Gasteiger partial charge is 0.291 e. The third-order valence-corrected chi connectivity index (χ3v) is 2.76. The Hall–Kier alpha value is -1.49. The van der Waals surface area contributed by atoms with Gasteiger partial charge in [0.2, 0.25) is 5.82 Å². The van der Waals surface area contributed by atoms with Gasteiger partial charge in [-0.05, 0) is 19.5 Å². The summed E-state index contributed by atoms with van der Waals surface area (Å²) in [5, 5.41) is 0. The molecule has 1 aliphatic rings. The maximum atomic E-state index is 12.0. The zero-order valence-electron chi connectivity index (χ0n) is 9.68. The van der Waals surface area contributed by atoms with Crippen LogP contribution in [0.15, 0.2) is 12.4 Å². The summed E-state index contributed by atoms with van der Waals surface area (Å²) in [5.41, 5.74) is 0.968. The molecule has 0 aliphatic carbocycles. The summed E-state index contributed by atoms with van der Waals surface area (Å²) < 4.78 is 0. The van der Waals surface area contributed by atoms with Crippen molar-refractivity contribution in [2.24, 2.45) is 0 Å². The Bertz CT molecular complexity index is 368. The monoisotopic (exact) mass is 220 g/mol. The predicted octanol–water partition coefficient (Wildman–Crippen LogP) is 0.173. The number of piperazine rings is 1. The Kier molecular flexibility index (Phi) is 3.14. The number of nitrogens with zero attached hydrogens (tertiary/aromatic N) is 4. The lowest BCUT2D eigenvalue weighted by atomic mass is 10.3.